The molecule has 0 atom stereocenters. The molecule has 0 spiro atoms. The van der Waals surface area contributed by atoms with Crippen LogP contribution in [0.2, 0.25) is 0 Å². The number of hydrogen-bond donors (Lipinski definition) is 1. The normalized spacial score (nSPS) is 9.09. The molecule has 2 heteroatoms. The molecule has 1 radical (unpaired) electrons. The summed E-state index contributed by atoms with van der Waals surface area (Å²) in [6.07, 6.45) is 2.32. The molecule has 0 unspecified atom stereocenters. The Kier molecular flexibility index (Phi) is 2.55. The molecule has 0 aliphatic heterocycles. The zero-order valence-electron chi connectivity index (χ0n) is 6.08. The van der Waals surface area contributed by atoms with Crippen molar-refractivity contribution in [1.29, 1.82) is 0 Å². The summed E-state index contributed by atoms with van der Waals surface area (Å²) in [5.41, 5.74) is 0.985. The number of rotatable bonds is 3. The minimum atomic E-state index is 0.260. The second kappa shape index (κ2) is 3.66. The molecule has 1 aromatic rings. The third kappa shape index (κ3) is 2.34. The molecule has 2 nitrogen and oxygen atoms in total. The minimum Gasteiger partial charge on any atom is -0.508 e. The second-order valence-electron chi connectivity index (χ2n) is 2.10. The number of phenolic OH excluding ortho intramolecular Hbond substituents is 1. The predicted molar refractivity (Wildman–Crippen MR) is 41.8 cm³/mol. The topological polar surface area (TPSA) is 29.5 Å². The number of ether oxygens (including phenoxy) is 1. The highest BCUT2D eigenvalue weighted by atomic mass is 16.5. The van der Waals surface area contributed by atoms with Gasteiger partial charge >= 0.3 is 0 Å². The summed E-state index contributed by atoms with van der Waals surface area (Å²) in [5.74, 6) is 0.260. The van der Waals surface area contributed by atoms with Gasteiger partial charge in [0.05, 0.1) is 0 Å². The SMILES string of the molecule is C=[C]OCc1ccc(O)cc1. The Labute approximate surface area is 65.7 Å². The third-order valence-electron chi connectivity index (χ3n) is 1.28. The first-order valence-corrected chi connectivity index (χ1v) is 3.24. The van der Waals surface area contributed by atoms with Gasteiger partial charge in [-0.15, -0.1) is 0 Å². The molecule has 0 saturated carbocycles. The Balaban J connectivity index is 2.58. The first kappa shape index (κ1) is 7.66. The van der Waals surface area contributed by atoms with Crippen LogP contribution in [0.15, 0.2) is 30.8 Å². The number of aromatic hydroxyl groups is 1. The molecular formula is C9H9O2. The molecule has 57 valence electrons. The minimum absolute atomic E-state index is 0.260. The van der Waals surface area contributed by atoms with Crippen LogP contribution in [0.5, 0.6) is 5.75 Å². The van der Waals surface area contributed by atoms with E-state index in [1.54, 1.807) is 24.3 Å². The highest BCUT2D eigenvalue weighted by Gasteiger charge is 1.90. The molecular weight excluding hydrogens is 140 g/mol. The average Bonchev–Trinajstić information content (AvgIpc) is 2.04. The van der Waals surface area contributed by atoms with E-state index in [1.165, 1.54) is 0 Å². The zero-order chi connectivity index (χ0) is 8.10. The van der Waals surface area contributed by atoms with E-state index in [0.717, 1.165) is 5.56 Å². The smallest absolute Gasteiger partial charge is 0.153 e. The van der Waals surface area contributed by atoms with Gasteiger partial charge in [-0.2, -0.15) is 0 Å². The predicted octanol–water partition coefficient (Wildman–Crippen LogP) is 1.86. The molecule has 0 saturated heterocycles. The van der Waals surface area contributed by atoms with Crippen LogP contribution >= 0.6 is 0 Å². The summed E-state index contributed by atoms with van der Waals surface area (Å²) in [4.78, 5) is 0. The Morgan fingerprint density at radius 1 is 1.36 bits per heavy atom. The molecule has 0 aliphatic carbocycles. The van der Waals surface area contributed by atoms with Crippen molar-refractivity contribution in [3.8, 4) is 5.75 Å². The molecule has 1 rings (SSSR count). The molecule has 0 heterocycles. The van der Waals surface area contributed by atoms with Crippen molar-refractivity contribution in [1.82, 2.24) is 0 Å². The zero-order valence-corrected chi connectivity index (χ0v) is 6.08. The second-order valence-corrected chi connectivity index (χ2v) is 2.10. The number of benzene rings is 1. The molecule has 11 heavy (non-hydrogen) atoms. The van der Waals surface area contributed by atoms with Gasteiger partial charge in [-0.05, 0) is 17.7 Å². The fourth-order valence-corrected chi connectivity index (χ4v) is 0.727. The van der Waals surface area contributed by atoms with Crippen molar-refractivity contribution < 1.29 is 9.84 Å². The largest absolute Gasteiger partial charge is 0.508 e. The lowest BCUT2D eigenvalue weighted by Crippen LogP contribution is -1.84. The van der Waals surface area contributed by atoms with Gasteiger partial charge in [0.25, 0.3) is 0 Å². The quantitative estimate of drug-likeness (QED) is 0.664. The molecule has 0 aromatic heterocycles. The fraction of sp³-hybridized carbons (Fsp3) is 0.111. The molecule has 1 N–H and O–H groups in total. The lowest BCUT2D eigenvalue weighted by molar-refractivity contribution is 0.216. The van der Waals surface area contributed by atoms with Crippen LogP contribution in [0.3, 0.4) is 0 Å². The molecule has 0 bridgehead atoms. The van der Waals surface area contributed by atoms with Crippen LogP contribution in [0.4, 0.5) is 0 Å². The van der Waals surface area contributed by atoms with E-state index >= 15 is 0 Å². The third-order valence-corrected chi connectivity index (χ3v) is 1.28. The summed E-state index contributed by atoms with van der Waals surface area (Å²) < 4.78 is 4.82. The van der Waals surface area contributed by atoms with E-state index < -0.39 is 0 Å². The van der Waals surface area contributed by atoms with Gasteiger partial charge in [0.15, 0.2) is 6.26 Å². The van der Waals surface area contributed by atoms with Crippen molar-refractivity contribution in [2.45, 2.75) is 6.61 Å². The number of hydrogen-bond acceptors (Lipinski definition) is 2. The van der Waals surface area contributed by atoms with Gasteiger partial charge in [-0.25, -0.2) is 0 Å². The summed E-state index contributed by atoms with van der Waals surface area (Å²) in [7, 11) is 0. The lowest BCUT2D eigenvalue weighted by Gasteiger charge is -1.98. The maximum Gasteiger partial charge on any atom is 0.153 e. The van der Waals surface area contributed by atoms with Crippen LogP contribution in [-0.4, -0.2) is 5.11 Å². The van der Waals surface area contributed by atoms with Gasteiger partial charge in [0.2, 0.25) is 0 Å². The highest BCUT2D eigenvalue weighted by molar-refractivity contribution is 5.25. The van der Waals surface area contributed by atoms with E-state index in [-0.39, 0.29) is 5.75 Å². The lowest BCUT2D eigenvalue weighted by atomic mass is 10.2. The van der Waals surface area contributed by atoms with E-state index in [4.69, 9.17) is 9.84 Å². The van der Waals surface area contributed by atoms with Gasteiger partial charge in [0, 0.05) is 0 Å². The maximum absolute atomic E-state index is 8.91. The fourth-order valence-electron chi connectivity index (χ4n) is 0.727. The van der Waals surface area contributed by atoms with Gasteiger partial charge in [-0.3, -0.25) is 0 Å². The molecule has 1 aromatic carbocycles. The van der Waals surface area contributed by atoms with E-state index in [9.17, 15) is 0 Å². The summed E-state index contributed by atoms with van der Waals surface area (Å²) >= 11 is 0. The van der Waals surface area contributed by atoms with Crippen LogP contribution < -0.4 is 0 Å². The standard InChI is InChI=1S/C9H9O2/c1-2-11-7-8-3-5-9(10)6-4-8/h3-6,10H,1,7H2. The Bertz CT molecular complexity index is 226. The van der Waals surface area contributed by atoms with E-state index in [1.807, 2.05) is 0 Å². The molecule has 0 amide bonds. The average molecular weight is 149 g/mol. The Hall–Kier alpha value is -1.44. The van der Waals surface area contributed by atoms with Crippen molar-refractivity contribution in [2.75, 3.05) is 0 Å². The van der Waals surface area contributed by atoms with Gasteiger partial charge < -0.3 is 9.84 Å². The first-order valence-electron chi connectivity index (χ1n) is 3.24. The summed E-state index contributed by atoms with van der Waals surface area (Å²) in [6.45, 7) is 3.74. The van der Waals surface area contributed by atoms with Crippen molar-refractivity contribution >= 4 is 0 Å². The van der Waals surface area contributed by atoms with Crippen molar-refractivity contribution in [3.05, 3.63) is 42.7 Å². The Morgan fingerprint density at radius 2 is 2.00 bits per heavy atom. The monoisotopic (exact) mass is 149 g/mol. The first-order chi connectivity index (χ1) is 5.33. The maximum atomic E-state index is 8.91. The van der Waals surface area contributed by atoms with Crippen molar-refractivity contribution in [2.24, 2.45) is 0 Å². The Morgan fingerprint density at radius 3 is 2.55 bits per heavy atom. The van der Waals surface area contributed by atoms with Crippen LogP contribution in [0.25, 0.3) is 0 Å². The van der Waals surface area contributed by atoms with Crippen LogP contribution in [0, 0.1) is 6.26 Å². The van der Waals surface area contributed by atoms with Crippen molar-refractivity contribution in [3.63, 3.8) is 0 Å². The van der Waals surface area contributed by atoms with E-state index in [0.29, 0.717) is 6.61 Å². The summed E-state index contributed by atoms with van der Waals surface area (Å²) in [5, 5.41) is 8.91. The van der Waals surface area contributed by atoms with Crippen LogP contribution in [-0.2, 0) is 11.3 Å². The van der Waals surface area contributed by atoms with E-state index in [2.05, 4.69) is 12.8 Å². The number of phenols is 1. The molecule has 0 aliphatic rings. The van der Waals surface area contributed by atoms with Gasteiger partial charge in [0.1, 0.15) is 12.4 Å². The van der Waals surface area contributed by atoms with Crippen LogP contribution in [0.1, 0.15) is 5.56 Å². The highest BCUT2D eigenvalue weighted by Crippen LogP contribution is 2.09. The molecule has 0 fully saturated rings. The summed E-state index contributed by atoms with van der Waals surface area (Å²) in [6, 6.07) is 6.79. The van der Waals surface area contributed by atoms with Gasteiger partial charge in [-0.1, -0.05) is 18.7 Å².